The lowest BCUT2D eigenvalue weighted by atomic mass is 10.1. The molecule has 19 heavy (non-hydrogen) atoms. The van der Waals surface area contributed by atoms with Crippen LogP contribution in [0.25, 0.3) is 0 Å². The fourth-order valence-electron chi connectivity index (χ4n) is 2.18. The van der Waals surface area contributed by atoms with Crippen molar-refractivity contribution in [2.45, 2.75) is 17.9 Å². The van der Waals surface area contributed by atoms with Crippen LogP contribution in [0.1, 0.15) is 18.5 Å². The van der Waals surface area contributed by atoms with E-state index in [9.17, 15) is 12.8 Å². The summed E-state index contributed by atoms with van der Waals surface area (Å²) in [6, 6.07) is 4.06. The Bertz CT molecular complexity index is 556. The van der Waals surface area contributed by atoms with Crippen LogP contribution in [0.2, 0.25) is 0 Å². The molecule has 1 aromatic carbocycles. The summed E-state index contributed by atoms with van der Waals surface area (Å²) >= 11 is 0. The zero-order valence-electron chi connectivity index (χ0n) is 10.7. The second kappa shape index (κ2) is 5.54. The monoisotopic (exact) mass is 288 g/mol. The summed E-state index contributed by atoms with van der Waals surface area (Å²) < 4.78 is 41.3. The molecule has 1 saturated heterocycles. The molecule has 2 N–H and O–H groups in total. The minimum atomic E-state index is -4.01. The van der Waals surface area contributed by atoms with Gasteiger partial charge >= 0.3 is 0 Å². The molecule has 2 rings (SSSR count). The van der Waals surface area contributed by atoms with E-state index in [1.807, 2.05) is 6.92 Å². The van der Waals surface area contributed by atoms with Crippen molar-refractivity contribution in [3.63, 3.8) is 0 Å². The summed E-state index contributed by atoms with van der Waals surface area (Å²) in [5.74, 6) is -0.805. The maximum atomic E-state index is 13.8. The normalized spacial score (nSPS) is 19.3. The van der Waals surface area contributed by atoms with E-state index in [1.54, 1.807) is 6.07 Å². The van der Waals surface area contributed by atoms with Crippen molar-refractivity contribution in [1.29, 1.82) is 0 Å². The fourth-order valence-corrected chi connectivity index (χ4v) is 2.77. The molecule has 1 aliphatic heterocycles. The van der Waals surface area contributed by atoms with Gasteiger partial charge in [-0.05, 0) is 24.6 Å². The molecule has 0 radical (unpaired) electrons. The van der Waals surface area contributed by atoms with E-state index in [2.05, 4.69) is 4.90 Å². The van der Waals surface area contributed by atoms with Gasteiger partial charge in [-0.15, -0.1) is 0 Å². The average molecular weight is 288 g/mol. The molecule has 5 nitrogen and oxygen atoms in total. The van der Waals surface area contributed by atoms with Gasteiger partial charge in [-0.3, -0.25) is 4.90 Å². The van der Waals surface area contributed by atoms with Gasteiger partial charge in [0.2, 0.25) is 10.0 Å². The number of benzene rings is 1. The number of rotatable bonds is 3. The molecule has 7 heteroatoms. The molecule has 0 aliphatic carbocycles. The van der Waals surface area contributed by atoms with Crippen molar-refractivity contribution in [3.8, 4) is 0 Å². The summed E-state index contributed by atoms with van der Waals surface area (Å²) in [4.78, 5) is 1.69. The van der Waals surface area contributed by atoms with Gasteiger partial charge in [0.05, 0.1) is 13.2 Å². The Kier molecular flexibility index (Phi) is 4.19. The van der Waals surface area contributed by atoms with Crippen LogP contribution < -0.4 is 5.14 Å². The van der Waals surface area contributed by atoms with Gasteiger partial charge in [-0.1, -0.05) is 6.07 Å². The van der Waals surface area contributed by atoms with Crippen molar-refractivity contribution in [2.24, 2.45) is 5.14 Å². The van der Waals surface area contributed by atoms with Crippen LogP contribution in [0, 0.1) is 5.82 Å². The molecule has 106 valence electrons. The number of nitrogens with zero attached hydrogens (tertiary/aromatic N) is 1. The topological polar surface area (TPSA) is 72.6 Å². The van der Waals surface area contributed by atoms with Crippen LogP contribution in [0.5, 0.6) is 0 Å². The Labute approximate surface area is 112 Å². The molecule has 1 heterocycles. The maximum Gasteiger partial charge on any atom is 0.240 e. The second-order valence-corrected chi connectivity index (χ2v) is 6.09. The molecule has 0 aromatic heterocycles. The van der Waals surface area contributed by atoms with E-state index in [4.69, 9.17) is 9.88 Å². The number of halogens is 1. The second-order valence-electron chi connectivity index (χ2n) is 4.56. The molecule has 0 bridgehead atoms. The number of sulfonamides is 1. The third-order valence-corrected chi connectivity index (χ3v) is 4.28. The Morgan fingerprint density at radius 3 is 2.53 bits per heavy atom. The van der Waals surface area contributed by atoms with E-state index in [1.165, 1.54) is 12.1 Å². The first-order valence-corrected chi connectivity index (χ1v) is 7.58. The van der Waals surface area contributed by atoms with Crippen molar-refractivity contribution >= 4 is 10.0 Å². The molecular formula is C12H17FN2O3S. The molecule has 1 aromatic rings. The highest BCUT2D eigenvalue weighted by Gasteiger charge is 2.21. The summed E-state index contributed by atoms with van der Waals surface area (Å²) in [5.41, 5.74) is 0.729. The summed E-state index contributed by atoms with van der Waals surface area (Å²) in [7, 11) is -4.01. The number of hydrogen-bond donors (Lipinski definition) is 1. The number of ether oxygens (including phenoxy) is 1. The average Bonchev–Trinajstić information content (AvgIpc) is 2.37. The zero-order chi connectivity index (χ0) is 14.0. The summed E-state index contributed by atoms with van der Waals surface area (Å²) in [6.45, 7) is 4.82. The molecule has 1 aliphatic rings. The first-order chi connectivity index (χ1) is 8.89. The lowest BCUT2D eigenvalue weighted by molar-refractivity contribution is 0.0198. The smallest absolute Gasteiger partial charge is 0.240 e. The van der Waals surface area contributed by atoms with Crippen LogP contribution in [-0.4, -0.2) is 39.6 Å². The molecule has 1 unspecified atom stereocenters. The van der Waals surface area contributed by atoms with Gasteiger partial charge < -0.3 is 4.74 Å². The Balaban J connectivity index is 2.24. The Hall–Kier alpha value is -1.02. The highest BCUT2D eigenvalue weighted by molar-refractivity contribution is 7.89. The standard InChI is InChI=1S/C12H17FN2O3S/c1-9(15-4-6-18-7-5-15)10-2-3-12(11(13)8-10)19(14,16)17/h2-3,8-9H,4-7H2,1H3,(H2,14,16,17). The van der Waals surface area contributed by atoms with E-state index < -0.39 is 20.7 Å². The first kappa shape index (κ1) is 14.4. The lowest BCUT2D eigenvalue weighted by Gasteiger charge is -2.32. The number of primary sulfonamides is 1. The molecule has 1 atom stereocenters. The van der Waals surface area contributed by atoms with E-state index in [0.717, 1.165) is 18.7 Å². The lowest BCUT2D eigenvalue weighted by Crippen LogP contribution is -2.38. The van der Waals surface area contributed by atoms with Crippen LogP contribution in [0.4, 0.5) is 4.39 Å². The maximum absolute atomic E-state index is 13.8. The van der Waals surface area contributed by atoms with Crippen LogP contribution in [0.3, 0.4) is 0 Å². The number of morpholine rings is 1. The quantitative estimate of drug-likeness (QED) is 0.895. The third-order valence-electron chi connectivity index (χ3n) is 3.34. The van der Waals surface area contributed by atoms with E-state index in [0.29, 0.717) is 13.2 Å². The van der Waals surface area contributed by atoms with Crippen LogP contribution >= 0.6 is 0 Å². The summed E-state index contributed by atoms with van der Waals surface area (Å²) in [6.07, 6.45) is 0. The largest absolute Gasteiger partial charge is 0.379 e. The van der Waals surface area contributed by atoms with Crippen molar-refractivity contribution in [3.05, 3.63) is 29.6 Å². The predicted molar refractivity (Wildman–Crippen MR) is 68.6 cm³/mol. The minimum Gasteiger partial charge on any atom is -0.379 e. The van der Waals surface area contributed by atoms with Gasteiger partial charge in [0.25, 0.3) is 0 Å². The zero-order valence-corrected chi connectivity index (χ0v) is 11.5. The van der Waals surface area contributed by atoms with Gasteiger partial charge in [-0.25, -0.2) is 17.9 Å². The number of nitrogens with two attached hydrogens (primary N) is 1. The highest BCUT2D eigenvalue weighted by Crippen LogP contribution is 2.24. The minimum absolute atomic E-state index is 0.00734. The highest BCUT2D eigenvalue weighted by atomic mass is 32.2. The number of hydrogen-bond acceptors (Lipinski definition) is 4. The van der Waals surface area contributed by atoms with Crippen molar-refractivity contribution < 1.29 is 17.5 Å². The predicted octanol–water partition coefficient (Wildman–Crippen LogP) is 0.866. The van der Waals surface area contributed by atoms with Crippen LogP contribution in [0.15, 0.2) is 23.1 Å². The molecule has 0 amide bonds. The SMILES string of the molecule is CC(c1ccc(S(N)(=O)=O)c(F)c1)N1CCOCC1. The Morgan fingerprint density at radius 2 is 2.00 bits per heavy atom. The molecular weight excluding hydrogens is 271 g/mol. The Morgan fingerprint density at radius 1 is 1.37 bits per heavy atom. The van der Waals surface area contributed by atoms with Crippen molar-refractivity contribution in [1.82, 2.24) is 4.90 Å². The molecule has 0 saturated carbocycles. The summed E-state index contributed by atoms with van der Waals surface area (Å²) in [5, 5.41) is 4.93. The molecule has 1 fully saturated rings. The van der Waals surface area contributed by atoms with E-state index in [-0.39, 0.29) is 6.04 Å². The third kappa shape index (κ3) is 3.30. The van der Waals surface area contributed by atoms with Gasteiger partial charge in [0, 0.05) is 19.1 Å². The van der Waals surface area contributed by atoms with Gasteiger partial charge in [0.15, 0.2) is 0 Å². The molecule has 0 spiro atoms. The fraction of sp³-hybridized carbons (Fsp3) is 0.500. The van der Waals surface area contributed by atoms with Crippen molar-refractivity contribution in [2.75, 3.05) is 26.3 Å². The first-order valence-electron chi connectivity index (χ1n) is 6.03. The van der Waals surface area contributed by atoms with Crippen LogP contribution in [-0.2, 0) is 14.8 Å². The van der Waals surface area contributed by atoms with E-state index >= 15 is 0 Å². The van der Waals surface area contributed by atoms with Gasteiger partial charge in [0.1, 0.15) is 10.7 Å². The van der Waals surface area contributed by atoms with Gasteiger partial charge in [-0.2, -0.15) is 0 Å².